The third kappa shape index (κ3) is 5.55. The zero-order valence-electron chi connectivity index (χ0n) is 17.6. The molecule has 9 heteroatoms. The Bertz CT molecular complexity index is 1110. The molecule has 0 radical (unpaired) electrons. The second-order valence-electron chi connectivity index (χ2n) is 7.22. The summed E-state index contributed by atoms with van der Waals surface area (Å²) in [7, 11) is -2.15. The van der Waals surface area contributed by atoms with Gasteiger partial charge in [0.15, 0.2) is 0 Å². The minimum atomic E-state index is -3.50. The monoisotopic (exact) mass is 459 g/mol. The highest BCUT2D eigenvalue weighted by atomic mass is 32.2. The molecule has 2 aromatic rings. The van der Waals surface area contributed by atoms with E-state index in [4.69, 9.17) is 0 Å². The summed E-state index contributed by atoms with van der Waals surface area (Å²) in [5.41, 5.74) is 3.63. The van der Waals surface area contributed by atoms with Crippen LogP contribution in [0, 0.1) is 13.8 Å². The number of aryl methyl sites for hydroxylation is 2. The van der Waals surface area contributed by atoms with Gasteiger partial charge in [0.2, 0.25) is 21.8 Å². The fourth-order valence-corrected chi connectivity index (χ4v) is 4.95. The molecule has 0 aliphatic carbocycles. The van der Waals surface area contributed by atoms with E-state index in [1.165, 1.54) is 41.9 Å². The lowest BCUT2D eigenvalue weighted by Crippen LogP contribution is -2.43. The number of benzene rings is 2. The Morgan fingerprint density at radius 2 is 1.81 bits per heavy atom. The molecule has 0 spiro atoms. The first-order valence-corrected chi connectivity index (χ1v) is 12.3. The number of nitrogens with one attached hydrogen (secondary N) is 2. The average Bonchev–Trinajstić information content (AvgIpc) is 3.25. The van der Waals surface area contributed by atoms with Crippen molar-refractivity contribution in [1.29, 1.82) is 0 Å². The van der Waals surface area contributed by atoms with Crippen molar-refractivity contribution < 1.29 is 18.0 Å². The Morgan fingerprint density at radius 1 is 1.10 bits per heavy atom. The summed E-state index contributed by atoms with van der Waals surface area (Å²) in [6.45, 7) is 3.99. The van der Waals surface area contributed by atoms with Crippen molar-refractivity contribution in [1.82, 2.24) is 9.62 Å². The summed E-state index contributed by atoms with van der Waals surface area (Å²) in [5, 5.41) is 2.90. The molecule has 0 saturated carbocycles. The van der Waals surface area contributed by atoms with E-state index in [2.05, 4.69) is 10.0 Å². The second-order valence-corrected chi connectivity index (χ2v) is 10.1. The van der Waals surface area contributed by atoms with E-state index in [1.807, 2.05) is 32.0 Å². The van der Waals surface area contributed by atoms with Crippen LogP contribution in [0.3, 0.4) is 0 Å². The molecule has 2 amide bonds. The van der Waals surface area contributed by atoms with Gasteiger partial charge in [-0.3, -0.25) is 9.59 Å². The van der Waals surface area contributed by atoms with Crippen molar-refractivity contribution in [2.45, 2.75) is 24.8 Å². The molecule has 2 N–H and O–H groups in total. The molecule has 1 fully saturated rings. The van der Waals surface area contributed by atoms with E-state index in [-0.39, 0.29) is 16.7 Å². The molecule has 31 heavy (non-hydrogen) atoms. The van der Waals surface area contributed by atoms with Gasteiger partial charge in [-0.05, 0) is 67.9 Å². The number of hydrogen-bond acceptors (Lipinski definition) is 5. The summed E-state index contributed by atoms with van der Waals surface area (Å²) < 4.78 is 25.8. The predicted octanol–water partition coefficient (Wildman–Crippen LogP) is 2.76. The molecular formula is C22H25N3O4S2. The molecule has 164 valence electrons. The maximum atomic E-state index is 12.8. The van der Waals surface area contributed by atoms with Crippen LogP contribution in [0.1, 0.15) is 16.7 Å². The Morgan fingerprint density at radius 3 is 2.45 bits per heavy atom. The molecule has 0 aromatic heterocycles. The predicted molar refractivity (Wildman–Crippen MR) is 124 cm³/mol. The molecule has 2 aromatic carbocycles. The minimum absolute atomic E-state index is 0.150. The fourth-order valence-electron chi connectivity index (χ4n) is 3.06. The molecule has 1 saturated heterocycles. The third-order valence-corrected chi connectivity index (χ3v) is 7.56. The minimum Gasteiger partial charge on any atom is -0.324 e. The quantitative estimate of drug-likeness (QED) is 0.648. The molecule has 7 nitrogen and oxygen atoms in total. The van der Waals surface area contributed by atoms with Gasteiger partial charge in [0.1, 0.15) is 6.04 Å². The highest BCUT2D eigenvalue weighted by Gasteiger charge is 2.33. The van der Waals surface area contributed by atoms with Gasteiger partial charge in [-0.1, -0.05) is 18.2 Å². The van der Waals surface area contributed by atoms with E-state index in [0.29, 0.717) is 22.9 Å². The van der Waals surface area contributed by atoms with Gasteiger partial charge in [0.05, 0.1) is 10.8 Å². The van der Waals surface area contributed by atoms with E-state index in [1.54, 1.807) is 18.2 Å². The number of sulfonamides is 1. The summed E-state index contributed by atoms with van der Waals surface area (Å²) in [5.74, 6) is 0.495. The van der Waals surface area contributed by atoms with Gasteiger partial charge in [-0.15, -0.1) is 11.8 Å². The van der Waals surface area contributed by atoms with Crippen LogP contribution in [0.15, 0.2) is 53.4 Å². The number of hydrogen-bond donors (Lipinski definition) is 2. The lowest BCUT2D eigenvalue weighted by molar-refractivity contribution is -0.132. The molecule has 1 aliphatic heterocycles. The van der Waals surface area contributed by atoms with Crippen molar-refractivity contribution >= 4 is 45.4 Å². The Labute approximate surface area is 187 Å². The fraction of sp³-hybridized carbons (Fsp3) is 0.273. The summed E-state index contributed by atoms with van der Waals surface area (Å²) >= 11 is 1.53. The standard InChI is InChI=1S/C22H25N3O4S2/c1-15-4-8-18(12-16(15)2)24-22(27)20-13-30-14-25(20)21(26)11-7-17-5-9-19(10-6-17)31(28,29)23-3/h4-12,20,23H,13-14H2,1-3H3,(H,24,27)/b11-7+. The molecular weight excluding hydrogens is 434 g/mol. The van der Waals surface area contributed by atoms with E-state index < -0.39 is 16.1 Å². The third-order valence-electron chi connectivity index (χ3n) is 5.12. The van der Waals surface area contributed by atoms with Crippen LogP contribution < -0.4 is 10.0 Å². The van der Waals surface area contributed by atoms with Gasteiger partial charge in [0.25, 0.3) is 0 Å². The maximum Gasteiger partial charge on any atom is 0.248 e. The molecule has 1 heterocycles. The topological polar surface area (TPSA) is 95.6 Å². The molecule has 3 rings (SSSR count). The molecule has 0 bridgehead atoms. The van der Waals surface area contributed by atoms with Crippen molar-refractivity contribution in [2.24, 2.45) is 0 Å². The van der Waals surface area contributed by atoms with Gasteiger partial charge in [0, 0.05) is 17.5 Å². The smallest absolute Gasteiger partial charge is 0.248 e. The largest absolute Gasteiger partial charge is 0.324 e. The van der Waals surface area contributed by atoms with E-state index in [9.17, 15) is 18.0 Å². The average molecular weight is 460 g/mol. The number of carbonyl (C=O) groups excluding carboxylic acids is 2. The SMILES string of the molecule is CNS(=O)(=O)c1ccc(/C=C/C(=O)N2CSCC2C(=O)Nc2ccc(C)c(C)c2)cc1. The number of anilines is 1. The second kappa shape index (κ2) is 9.67. The van der Waals surface area contributed by atoms with E-state index in [0.717, 1.165) is 11.1 Å². The number of nitrogens with zero attached hydrogens (tertiary/aromatic N) is 1. The molecule has 1 aliphatic rings. The first kappa shape index (κ1) is 23.1. The zero-order valence-corrected chi connectivity index (χ0v) is 19.2. The first-order valence-electron chi connectivity index (χ1n) is 9.69. The lowest BCUT2D eigenvalue weighted by Gasteiger charge is -2.22. The van der Waals surface area contributed by atoms with Gasteiger partial charge >= 0.3 is 0 Å². The van der Waals surface area contributed by atoms with Crippen LogP contribution >= 0.6 is 11.8 Å². The van der Waals surface area contributed by atoms with Crippen LogP contribution in [0.5, 0.6) is 0 Å². The highest BCUT2D eigenvalue weighted by molar-refractivity contribution is 7.99. The Balaban J connectivity index is 1.66. The maximum absolute atomic E-state index is 12.8. The Kier molecular flexibility index (Phi) is 7.19. The lowest BCUT2D eigenvalue weighted by atomic mass is 10.1. The zero-order chi connectivity index (χ0) is 22.6. The normalized spacial score (nSPS) is 16.6. The van der Waals surface area contributed by atoms with E-state index >= 15 is 0 Å². The summed E-state index contributed by atoms with van der Waals surface area (Å²) in [6, 6.07) is 11.4. The van der Waals surface area contributed by atoms with Crippen molar-refractivity contribution in [3.05, 3.63) is 65.2 Å². The van der Waals surface area contributed by atoms with Crippen molar-refractivity contribution in [3.63, 3.8) is 0 Å². The summed E-state index contributed by atoms with van der Waals surface area (Å²) in [4.78, 5) is 27.1. The van der Waals surface area contributed by atoms with Crippen LogP contribution in [0.2, 0.25) is 0 Å². The number of amides is 2. The van der Waals surface area contributed by atoms with Crippen molar-refractivity contribution in [2.75, 3.05) is 24.0 Å². The number of rotatable bonds is 6. The number of carbonyl (C=O) groups is 2. The van der Waals surface area contributed by atoms with Crippen LogP contribution in [0.4, 0.5) is 5.69 Å². The van der Waals surface area contributed by atoms with Crippen molar-refractivity contribution in [3.8, 4) is 0 Å². The highest BCUT2D eigenvalue weighted by Crippen LogP contribution is 2.23. The number of thioether (sulfide) groups is 1. The van der Waals surface area contributed by atoms with Gasteiger partial charge in [-0.25, -0.2) is 13.1 Å². The van der Waals surface area contributed by atoms with Gasteiger partial charge in [-0.2, -0.15) is 0 Å². The van der Waals surface area contributed by atoms with Crippen LogP contribution in [-0.4, -0.2) is 49.9 Å². The van der Waals surface area contributed by atoms with Crippen LogP contribution in [-0.2, 0) is 19.6 Å². The van der Waals surface area contributed by atoms with Crippen LogP contribution in [0.25, 0.3) is 6.08 Å². The molecule has 1 unspecified atom stereocenters. The first-order chi connectivity index (χ1) is 14.7. The Hall–Kier alpha value is -2.62. The molecule has 1 atom stereocenters. The summed E-state index contributed by atoms with van der Waals surface area (Å²) in [6.07, 6.45) is 3.02. The van der Waals surface area contributed by atoms with Gasteiger partial charge < -0.3 is 10.2 Å².